The van der Waals surface area contributed by atoms with Gasteiger partial charge in [-0.05, 0) is 56.7 Å². The molecule has 1 N–H and O–H groups in total. The van der Waals surface area contributed by atoms with Gasteiger partial charge in [-0.2, -0.15) is 13.2 Å². The van der Waals surface area contributed by atoms with Crippen molar-refractivity contribution in [1.29, 1.82) is 0 Å². The van der Waals surface area contributed by atoms with Crippen LogP contribution in [0, 0.1) is 0 Å². The Morgan fingerprint density at radius 2 is 1.49 bits per heavy atom. The van der Waals surface area contributed by atoms with Crippen LogP contribution in [0.4, 0.5) is 18.9 Å². The Morgan fingerprint density at radius 1 is 0.907 bits per heavy atom. The van der Waals surface area contributed by atoms with Crippen molar-refractivity contribution in [2.75, 3.05) is 17.1 Å². The first kappa shape index (κ1) is 34.2. The molecule has 0 saturated heterocycles. The van der Waals surface area contributed by atoms with Crippen molar-refractivity contribution in [1.82, 2.24) is 10.2 Å². The smallest absolute Gasteiger partial charge is 0.350 e. The number of sulfonamides is 1. The average molecular weight is 659 g/mol. The molecule has 232 valence electrons. The lowest BCUT2D eigenvalue weighted by atomic mass is 10.0. The van der Waals surface area contributed by atoms with Gasteiger partial charge in [0.2, 0.25) is 21.8 Å². The molecule has 0 aliphatic rings. The van der Waals surface area contributed by atoms with Crippen LogP contribution in [0.25, 0.3) is 0 Å². The minimum Gasteiger partial charge on any atom is -0.350 e. The quantitative estimate of drug-likeness (QED) is 0.276. The van der Waals surface area contributed by atoms with Crippen molar-refractivity contribution in [3.8, 4) is 0 Å². The number of rotatable bonds is 10. The molecule has 3 rings (SSSR count). The number of carbonyl (C=O) groups is 2. The molecule has 0 saturated carbocycles. The summed E-state index contributed by atoms with van der Waals surface area (Å²) in [6, 6.07) is 16.1. The second-order valence-corrected chi connectivity index (χ2v) is 13.7. The van der Waals surface area contributed by atoms with Gasteiger partial charge in [0.1, 0.15) is 12.6 Å². The molecular weight excluding hydrogens is 626 g/mol. The van der Waals surface area contributed by atoms with Crippen molar-refractivity contribution in [2.45, 2.75) is 51.5 Å². The maximum atomic E-state index is 14.1. The van der Waals surface area contributed by atoms with E-state index in [-0.39, 0.29) is 28.7 Å². The molecule has 0 radical (unpaired) electrons. The average Bonchev–Trinajstić information content (AvgIpc) is 2.89. The molecule has 0 heterocycles. The third kappa shape index (κ3) is 9.61. The maximum absolute atomic E-state index is 14.1. The highest BCUT2D eigenvalue weighted by molar-refractivity contribution is 7.92. The largest absolute Gasteiger partial charge is 0.416 e. The zero-order valence-electron chi connectivity index (χ0n) is 24.0. The fourth-order valence-corrected chi connectivity index (χ4v) is 5.67. The number of nitrogens with zero attached hydrogens (tertiary/aromatic N) is 2. The number of hydrogen-bond acceptors (Lipinski definition) is 4. The molecule has 0 aromatic heterocycles. The molecule has 2 amide bonds. The summed E-state index contributed by atoms with van der Waals surface area (Å²) < 4.78 is 66.7. The summed E-state index contributed by atoms with van der Waals surface area (Å²) in [4.78, 5) is 29.0. The van der Waals surface area contributed by atoms with Crippen molar-refractivity contribution < 1.29 is 31.2 Å². The lowest BCUT2D eigenvalue weighted by molar-refractivity contribution is -0.140. The molecule has 43 heavy (non-hydrogen) atoms. The molecule has 13 heteroatoms. The normalized spacial score (nSPS) is 12.9. The molecule has 3 aromatic carbocycles. The maximum Gasteiger partial charge on any atom is 0.416 e. The van der Waals surface area contributed by atoms with Crippen LogP contribution < -0.4 is 9.62 Å². The van der Waals surface area contributed by atoms with E-state index in [1.54, 1.807) is 69.3 Å². The Bertz CT molecular complexity index is 1540. The summed E-state index contributed by atoms with van der Waals surface area (Å²) in [5, 5.41) is 3.29. The zero-order chi connectivity index (χ0) is 32.2. The molecule has 0 fully saturated rings. The van der Waals surface area contributed by atoms with Crippen LogP contribution in [0.1, 0.15) is 37.5 Å². The predicted molar refractivity (Wildman–Crippen MR) is 162 cm³/mol. The zero-order valence-corrected chi connectivity index (χ0v) is 26.3. The van der Waals surface area contributed by atoms with E-state index in [0.717, 1.165) is 29.4 Å². The van der Waals surface area contributed by atoms with E-state index >= 15 is 0 Å². The second-order valence-electron chi connectivity index (χ2n) is 11.0. The number of alkyl halides is 3. The highest BCUT2D eigenvalue weighted by atomic mass is 35.5. The first-order chi connectivity index (χ1) is 19.9. The van der Waals surface area contributed by atoms with Crippen molar-refractivity contribution in [3.63, 3.8) is 0 Å². The molecule has 0 unspecified atom stereocenters. The number of benzene rings is 3. The Kier molecular flexibility index (Phi) is 10.8. The Labute approximate surface area is 259 Å². The molecule has 0 spiro atoms. The van der Waals surface area contributed by atoms with E-state index in [1.165, 1.54) is 0 Å². The van der Waals surface area contributed by atoms with Crippen molar-refractivity contribution in [2.24, 2.45) is 0 Å². The number of halogens is 5. The van der Waals surface area contributed by atoms with Gasteiger partial charge in [-0.25, -0.2) is 8.42 Å². The van der Waals surface area contributed by atoms with Gasteiger partial charge in [-0.3, -0.25) is 13.9 Å². The summed E-state index contributed by atoms with van der Waals surface area (Å²) in [5.74, 6) is -1.39. The van der Waals surface area contributed by atoms with Crippen LogP contribution >= 0.6 is 23.2 Å². The van der Waals surface area contributed by atoms with Gasteiger partial charge in [0, 0.05) is 34.1 Å². The Hall–Kier alpha value is -3.28. The second kappa shape index (κ2) is 13.6. The third-order valence-corrected chi connectivity index (χ3v) is 8.15. The Morgan fingerprint density at radius 3 is 2.02 bits per heavy atom. The van der Waals surface area contributed by atoms with Gasteiger partial charge in [0.05, 0.1) is 17.5 Å². The SMILES string of the molecule is CC(C)(C)NC(=O)[C@H](Cc1ccccc1)N(Cc1c(Cl)cccc1Cl)C(=O)CN(c1cccc(C(F)(F)F)c1)S(C)(=O)=O. The number of anilines is 1. The van der Waals surface area contributed by atoms with Crippen LogP contribution in [0.2, 0.25) is 10.0 Å². The topological polar surface area (TPSA) is 86.8 Å². The molecule has 0 aliphatic carbocycles. The summed E-state index contributed by atoms with van der Waals surface area (Å²) in [5.41, 5.74) is -1.12. The van der Waals surface area contributed by atoms with Crippen LogP contribution in [-0.2, 0) is 38.8 Å². The molecule has 3 aromatic rings. The highest BCUT2D eigenvalue weighted by Crippen LogP contribution is 2.33. The van der Waals surface area contributed by atoms with Crippen molar-refractivity contribution >= 4 is 50.7 Å². The number of nitrogens with one attached hydrogen (secondary N) is 1. The van der Waals surface area contributed by atoms with E-state index in [4.69, 9.17) is 23.2 Å². The molecular formula is C30H32Cl2F3N3O4S. The van der Waals surface area contributed by atoms with Crippen molar-refractivity contribution in [3.05, 3.63) is 99.5 Å². The summed E-state index contributed by atoms with van der Waals surface area (Å²) in [6.07, 6.45) is -3.93. The van der Waals surface area contributed by atoms with Gasteiger partial charge in [0.25, 0.3) is 0 Å². The molecule has 1 atom stereocenters. The predicted octanol–water partition coefficient (Wildman–Crippen LogP) is 6.33. The number of hydrogen-bond donors (Lipinski definition) is 1. The summed E-state index contributed by atoms with van der Waals surface area (Å²) in [7, 11) is -4.27. The summed E-state index contributed by atoms with van der Waals surface area (Å²) in [6.45, 7) is 4.12. The molecule has 0 bridgehead atoms. The fourth-order valence-electron chi connectivity index (χ4n) is 4.31. The van der Waals surface area contributed by atoms with Crippen LogP contribution in [0.15, 0.2) is 72.8 Å². The van der Waals surface area contributed by atoms with Crippen LogP contribution in [0.5, 0.6) is 0 Å². The lowest BCUT2D eigenvalue weighted by Crippen LogP contribution is -2.56. The monoisotopic (exact) mass is 657 g/mol. The van der Waals surface area contributed by atoms with Crippen LogP contribution in [-0.4, -0.2) is 49.5 Å². The van der Waals surface area contributed by atoms with E-state index in [9.17, 15) is 31.2 Å². The number of amides is 2. The van der Waals surface area contributed by atoms with E-state index in [0.29, 0.717) is 21.5 Å². The lowest BCUT2D eigenvalue weighted by Gasteiger charge is -2.35. The standard InChI is InChI=1S/C30H32Cl2F3N3O4S/c1-29(2,3)36-28(40)26(16-20-10-6-5-7-11-20)37(18-23-24(31)14-9-15-25(23)32)27(39)19-38(43(4,41)42)22-13-8-12-21(17-22)30(33,34)35/h5-15,17,26H,16,18-19H2,1-4H3,(H,36,40)/t26-/m0/s1. The third-order valence-electron chi connectivity index (χ3n) is 6.30. The van der Waals surface area contributed by atoms with Gasteiger partial charge in [-0.1, -0.05) is 65.7 Å². The summed E-state index contributed by atoms with van der Waals surface area (Å²) >= 11 is 12.9. The molecule has 7 nitrogen and oxygen atoms in total. The Balaban J connectivity index is 2.14. The minimum absolute atomic E-state index is 0.0407. The van der Waals surface area contributed by atoms with Gasteiger partial charge in [0.15, 0.2) is 0 Å². The van der Waals surface area contributed by atoms with E-state index in [2.05, 4.69) is 5.32 Å². The van der Waals surface area contributed by atoms with Gasteiger partial charge >= 0.3 is 6.18 Å². The fraction of sp³-hybridized carbons (Fsp3) is 0.333. The first-order valence-corrected chi connectivity index (χ1v) is 15.7. The van der Waals surface area contributed by atoms with Crippen LogP contribution in [0.3, 0.4) is 0 Å². The van der Waals surface area contributed by atoms with Gasteiger partial charge < -0.3 is 10.2 Å². The van der Waals surface area contributed by atoms with E-state index < -0.39 is 51.7 Å². The highest BCUT2D eigenvalue weighted by Gasteiger charge is 2.36. The minimum atomic E-state index is -4.75. The molecule has 0 aliphatic heterocycles. The van der Waals surface area contributed by atoms with Gasteiger partial charge in [-0.15, -0.1) is 0 Å². The van der Waals surface area contributed by atoms with E-state index in [1.807, 2.05) is 0 Å². The first-order valence-electron chi connectivity index (χ1n) is 13.1. The number of carbonyl (C=O) groups excluding carboxylic acids is 2.